The Balaban J connectivity index is 1.95. The van der Waals surface area contributed by atoms with Gasteiger partial charge in [-0.15, -0.1) is 0 Å². The fraction of sp³-hybridized carbons (Fsp3) is 0.0556. The number of halogens is 1. The molecule has 1 amide bonds. The quantitative estimate of drug-likeness (QED) is 0.652. The lowest BCUT2D eigenvalue weighted by Crippen LogP contribution is -2.37. The first kappa shape index (κ1) is 17.3. The molecule has 7 heteroatoms. The molecule has 3 rings (SSSR count). The number of benzene rings is 2. The van der Waals surface area contributed by atoms with Gasteiger partial charge in [0.1, 0.15) is 10.1 Å². The maximum absolute atomic E-state index is 13.0. The first-order valence-electron chi connectivity index (χ1n) is 7.28. The van der Waals surface area contributed by atoms with Gasteiger partial charge in [0.2, 0.25) is 0 Å². The molecular formula is C18H12FNO3S2. The van der Waals surface area contributed by atoms with E-state index in [0.717, 1.165) is 16.7 Å². The number of amides is 1. The van der Waals surface area contributed by atoms with Crippen LogP contribution in [0.5, 0.6) is 0 Å². The highest BCUT2D eigenvalue weighted by Gasteiger charge is 2.41. The molecule has 0 aliphatic carbocycles. The number of thioether (sulfide) groups is 1. The molecule has 1 fully saturated rings. The predicted octanol–water partition coefficient (Wildman–Crippen LogP) is 3.85. The van der Waals surface area contributed by atoms with Crippen molar-refractivity contribution in [3.8, 4) is 0 Å². The third kappa shape index (κ3) is 3.62. The number of carboxylic acids is 1. The molecule has 0 aromatic heterocycles. The molecule has 0 spiro atoms. The molecule has 1 saturated heterocycles. The van der Waals surface area contributed by atoms with Crippen LogP contribution in [-0.4, -0.2) is 26.2 Å². The number of aliphatic carboxylic acids is 1. The minimum absolute atomic E-state index is 0.176. The highest BCUT2D eigenvalue weighted by atomic mass is 32.2. The molecule has 0 radical (unpaired) electrons. The molecule has 0 unspecified atom stereocenters. The van der Waals surface area contributed by atoms with Gasteiger partial charge in [-0.05, 0) is 29.3 Å². The summed E-state index contributed by atoms with van der Waals surface area (Å²) in [7, 11) is 0. The van der Waals surface area contributed by atoms with E-state index in [-0.39, 0.29) is 10.1 Å². The Morgan fingerprint density at radius 2 is 1.80 bits per heavy atom. The van der Waals surface area contributed by atoms with Crippen molar-refractivity contribution in [1.29, 1.82) is 0 Å². The third-order valence-corrected chi connectivity index (χ3v) is 4.93. The molecule has 1 aliphatic heterocycles. The summed E-state index contributed by atoms with van der Waals surface area (Å²) >= 11 is 6.26. The summed E-state index contributed by atoms with van der Waals surface area (Å²) in [6.45, 7) is 0. The summed E-state index contributed by atoms with van der Waals surface area (Å²) in [6.07, 6.45) is 1.57. The monoisotopic (exact) mass is 373 g/mol. The van der Waals surface area contributed by atoms with E-state index in [1.165, 1.54) is 24.3 Å². The fourth-order valence-electron chi connectivity index (χ4n) is 2.45. The Morgan fingerprint density at radius 3 is 2.40 bits per heavy atom. The average molecular weight is 373 g/mol. The summed E-state index contributed by atoms with van der Waals surface area (Å²) in [4.78, 5) is 25.9. The van der Waals surface area contributed by atoms with Gasteiger partial charge < -0.3 is 5.11 Å². The number of rotatable bonds is 4. The van der Waals surface area contributed by atoms with Crippen LogP contribution in [0.2, 0.25) is 0 Å². The Labute approximate surface area is 153 Å². The van der Waals surface area contributed by atoms with Crippen LogP contribution < -0.4 is 0 Å². The molecule has 1 aliphatic rings. The van der Waals surface area contributed by atoms with Gasteiger partial charge in [0.05, 0.1) is 4.91 Å². The Morgan fingerprint density at radius 1 is 1.16 bits per heavy atom. The van der Waals surface area contributed by atoms with Crippen LogP contribution in [0.3, 0.4) is 0 Å². The first-order chi connectivity index (χ1) is 12.0. The lowest BCUT2D eigenvalue weighted by atomic mass is 10.1. The van der Waals surface area contributed by atoms with Gasteiger partial charge in [-0.25, -0.2) is 9.18 Å². The van der Waals surface area contributed by atoms with Crippen LogP contribution in [0, 0.1) is 5.82 Å². The predicted molar refractivity (Wildman–Crippen MR) is 98.2 cm³/mol. The number of nitrogens with zero attached hydrogens (tertiary/aromatic N) is 1. The highest BCUT2D eigenvalue weighted by Crippen LogP contribution is 2.38. The van der Waals surface area contributed by atoms with Crippen molar-refractivity contribution in [3.63, 3.8) is 0 Å². The van der Waals surface area contributed by atoms with E-state index in [4.69, 9.17) is 12.2 Å². The zero-order valence-electron chi connectivity index (χ0n) is 12.8. The summed E-state index contributed by atoms with van der Waals surface area (Å²) in [5.41, 5.74) is 1.10. The lowest BCUT2D eigenvalue weighted by molar-refractivity contribution is -0.145. The van der Waals surface area contributed by atoms with Gasteiger partial charge in [-0.3, -0.25) is 9.69 Å². The van der Waals surface area contributed by atoms with Gasteiger partial charge in [0.25, 0.3) is 5.91 Å². The van der Waals surface area contributed by atoms with Crippen LogP contribution in [0.1, 0.15) is 17.2 Å². The first-order valence-corrected chi connectivity index (χ1v) is 8.50. The van der Waals surface area contributed by atoms with Gasteiger partial charge in [-0.2, -0.15) is 0 Å². The molecule has 1 heterocycles. The van der Waals surface area contributed by atoms with Crippen molar-refractivity contribution < 1.29 is 19.1 Å². The van der Waals surface area contributed by atoms with E-state index in [1.54, 1.807) is 36.4 Å². The Kier molecular flexibility index (Phi) is 4.96. The normalized spacial score (nSPS) is 17.2. The van der Waals surface area contributed by atoms with Gasteiger partial charge in [0.15, 0.2) is 6.04 Å². The zero-order chi connectivity index (χ0) is 18.0. The Bertz CT molecular complexity index is 866. The van der Waals surface area contributed by atoms with Crippen LogP contribution in [0.4, 0.5) is 4.39 Å². The third-order valence-electron chi connectivity index (χ3n) is 3.60. The molecule has 2 aromatic rings. The number of carboxylic acid groups (broad SMARTS) is 1. The number of carbonyl (C=O) groups excluding carboxylic acids is 1. The van der Waals surface area contributed by atoms with Crippen molar-refractivity contribution in [3.05, 3.63) is 76.4 Å². The fourth-order valence-corrected chi connectivity index (χ4v) is 3.76. The number of thiocarbonyl (C=S) groups is 1. The second kappa shape index (κ2) is 7.16. The molecule has 2 aromatic carbocycles. The summed E-state index contributed by atoms with van der Waals surface area (Å²) in [6, 6.07) is 12.9. The van der Waals surface area contributed by atoms with E-state index >= 15 is 0 Å². The van der Waals surface area contributed by atoms with Crippen molar-refractivity contribution in [2.24, 2.45) is 0 Å². The number of hydrogen-bond donors (Lipinski definition) is 1. The maximum Gasteiger partial charge on any atom is 0.331 e. The molecule has 1 atom stereocenters. The molecular weight excluding hydrogens is 361 g/mol. The SMILES string of the molecule is O=C(O)[C@@H](c1ccccc1)N1C(=O)/C(=C\c2ccc(F)cc2)SC1=S. The van der Waals surface area contributed by atoms with E-state index in [1.807, 2.05) is 0 Å². The van der Waals surface area contributed by atoms with Crippen molar-refractivity contribution in [2.75, 3.05) is 0 Å². The Hall–Kier alpha value is -2.51. The van der Waals surface area contributed by atoms with Gasteiger partial charge in [0, 0.05) is 0 Å². The molecule has 0 saturated carbocycles. The molecule has 0 bridgehead atoms. The van der Waals surface area contributed by atoms with Crippen LogP contribution in [-0.2, 0) is 9.59 Å². The van der Waals surface area contributed by atoms with Gasteiger partial charge in [-0.1, -0.05) is 66.4 Å². The molecule has 126 valence electrons. The van der Waals surface area contributed by atoms with Crippen molar-refractivity contribution in [1.82, 2.24) is 4.90 Å². The molecule has 25 heavy (non-hydrogen) atoms. The largest absolute Gasteiger partial charge is 0.479 e. The van der Waals surface area contributed by atoms with E-state index in [9.17, 15) is 19.1 Å². The average Bonchev–Trinajstić information content (AvgIpc) is 2.86. The van der Waals surface area contributed by atoms with E-state index in [0.29, 0.717) is 16.0 Å². The minimum Gasteiger partial charge on any atom is -0.479 e. The molecule has 4 nitrogen and oxygen atoms in total. The maximum atomic E-state index is 13.0. The van der Waals surface area contributed by atoms with E-state index in [2.05, 4.69) is 0 Å². The van der Waals surface area contributed by atoms with Crippen molar-refractivity contribution >= 4 is 46.3 Å². The second-order valence-corrected chi connectivity index (χ2v) is 6.93. The topological polar surface area (TPSA) is 57.6 Å². The summed E-state index contributed by atoms with van der Waals surface area (Å²) < 4.78 is 13.2. The van der Waals surface area contributed by atoms with Crippen LogP contribution in [0.25, 0.3) is 6.08 Å². The van der Waals surface area contributed by atoms with Crippen molar-refractivity contribution in [2.45, 2.75) is 6.04 Å². The number of hydrogen-bond acceptors (Lipinski definition) is 4. The van der Waals surface area contributed by atoms with Crippen LogP contribution >= 0.6 is 24.0 Å². The molecule has 1 N–H and O–H groups in total. The minimum atomic E-state index is -1.19. The lowest BCUT2D eigenvalue weighted by Gasteiger charge is -2.23. The summed E-state index contributed by atoms with van der Waals surface area (Å²) in [5.74, 6) is -2.01. The highest BCUT2D eigenvalue weighted by molar-refractivity contribution is 8.26. The summed E-state index contributed by atoms with van der Waals surface area (Å²) in [5, 5.41) is 9.61. The van der Waals surface area contributed by atoms with Crippen LogP contribution in [0.15, 0.2) is 59.5 Å². The smallest absolute Gasteiger partial charge is 0.331 e. The van der Waals surface area contributed by atoms with Gasteiger partial charge >= 0.3 is 5.97 Å². The number of carbonyl (C=O) groups is 2. The van der Waals surface area contributed by atoms with E-state index < -0.39 is 17.9 Å². The second-order valence-electron chi connectivity index (χ2n) is 5.25. The zero-order valence-corrected chi connectivity index (χ0v) is 14.4. The standard InChI is InChI=1S/C18H12FNO3S2/c19-13-8-6-11(7-9-13)10-14-16(21)20(18(24)25-14)15(17(22)23)12-4-2-1-3-5-12/h1-10,15H,(H,22,23)/b14-10+/t15-/m1/s1.